The molecule has 7 heteroatoms. The summed E-state index contributed by atoms with van der Waals surface area (Å²) in [7, 11) is 2.01. The van der Waals surface area contributed by atoms with Crippen LogP contribution in [0.4, 0.5) is 0 Å². The predicted octanol–water partition coefficient (Wildman–Crippen LogP) is 4.66. The van der Waals surface area contributed by atoms with Gasteiger partial charge in [-0.2, -0.15) is 5.10 Å². The van der Waals surface area contributed by atoms with E-state index < -0.39 is 0 Å². The maximum Gasteiger partial charge on any atom is 0.191 e. The average molecular weight is 534 g/mol. The number of hydrogen-bond donors (Lipinski definition) is 2. The fraction of sp³-hybridized carbons (Fsp3) is 0.826. The van der Waals surface area contributed by atoms with E-state index >= 15 is 0 Å². The van der Waals surface area contributed by atoms with Gasteiger partial charge >= 0.3 is 0 Å². The molecule has 2 N–H and O–H groups in total. The van der Waals surface area contributed by atoms with Gasteiger partial charge in [0.25, 0.3) is 0 Å². The molecule has 0 bridgehead atoms. The van der Waals surface area contributed by atoms with Gasteiger partial charge in [0.15, 0.2) is 5.96 Å². The van der Waals surface area contributed by atoms with E-state index in [0.717, 1.165) is 50.6 Å². The highest BCUT2D eigenvalue weighted by Crippen LogP contribution is 2.20. The van der Waals surface area contributed by atoms with Gasteiger partial charge in [-0.1, -0.05) is 25.7 Å². The van der Waals surface area contributed by atoms with Gasteiger partial charge in [-0.25, -0.2) is 0 Å². The Morgan fingerprint density at radius 2 is 1.90 bits per heavy atom. The Bertz CT molecular complexity index is 623. The lowest BCUT2D eigenvalue weighted by molar-refractivity contribution is 0.0413. The van der Waals surface area contributed by atoms with Crippen molar-refractivity contribution in [3.05, 3.63) is 17.0 Å². The maximum absolute atomic E-state index is 6.09. The summed E-state index contributed by atoms with van der Waals surface area (Å²) in [6.07, 6.45) is 11.5. The van der Waals surface area contributed by atoms with Crippen LogP contribution in [-0.4, -0.2) is 47.6 Å². The van der Waals surface area contributed by atoms with Gasteiger partial charge < -0.3 is 15.4 Å². The largest absolute Gasteiger partial charge is 0.378 e. The molecule has 1 aliphatic rings. The lowest BCUT2D eigenvalue weighted by Gasteiger charge is -2.18. The first-order valence-corrected chi connectivity index (χ1v) is 11.7. The highest BCUT2D eigenvalue weighted by atomic mass is 127. The smallest absolute Gasteiger partial charge is 0.191 e. The number of aliphatic imine (C=N–C) groups is 1. The van der Waals surface area contributed by atoms with Crippen molar-refractivity contribution >= 4 is 29.9 Å². The summed E-state index contributed by atoms with van der Waals surface area (Å²) in [6.45, 7) is 11.1. The lowest BCUT2D eigenvalue weighted by atomic mass is 10.1. The zero-order valence-corrected chi connectivity index (χ0v) is 22.1. The summed E-state index contributed by atoms with van der Waals surface area (Å²) >= 11 is 0. The molecule has 0 spiro atoms. The molecule has 1 atom stereocenters. The number of rotatable bonds is 10. The molecule has 1 unspecified atom stereocenters. The number of unbranched alkanes of at least 4 members (excludes halogenated alkanes) is 1. The van der Waals surface area contributed by atoms with Crippen molar-refractivity contribution in [1.82, 2.24) is 20.4 Å². The van der Waals surface area contributed by atoms with Crippen LogP contribution in [0.5, 0.6) is 0 Å². The zero-order chi connectivity index (χ0) is 21.1. The van der Waals surface area contributed by atoms with E-state index in [0.29, 0.717) is 12.1 Å². The van der Waals surface area contributed by atoms with E-state index in [-0.39, 0.29) is 24.0 Å². The van der Waals surface area contributed by atoms with Crippen LogP contribution >= 0.6 is 24.0 Å². The minimum Gasteiger partial charge on any atom is -0.378 e. The highest BCUT2D eigenvalue weighted by Gasteiger charge is 2.14. The molecule has 1 fully saturated rings. The van der Waals surface area contributed by atoms with Gasteiger partial charge in [0, 0.05) is 38.5 Å². The summed E-state index contributed by atoms with van der Waals surface area (Å²) in [5, 5.41) is 11.4. The molecule has 6 nitrogen and oxygen atoms in total. The normalized spacial score (nSPS) is 16.6. The molecule has 0 aromatic carbocycles. The quantitative estimate of drug-likeness (QED) is 0.151. The highest BCUT2D eigenvalue weighted by molar-refractivity contribution is 14.0. The Labute approximate surface area is 201 Å². The molecule has 1 aromatic heterocycles. The molecule has 0 saturated heterocycles. The predicted molar refractivity (Wildman–Crippen MR) is 137 cm³/mol. The van der Waals surface area contributed by atoms with E-state index in [2.05, 4.69) is 43.4 Å². The van der Waals surface area contributed by atoms with Gasteiger partial charge in [0.2, 0.25) is 0 Å². The van der Waals surface area contributed by atoms with Gasteiger partial charge in [0.1, 0.15) is 0 Å². The van der Waals surface area contributed by atoms with E-state index in [1.165, 1.54) is 49.8 Å². The first-order valence-electron chi connectivity index (χ1n) is 11.7. The third-order valence-corrected chi connectivity index (χ3v) is 5.87. The topological polar surface area (TPSA) is 63.5 Å². The van der Waals surface area contributed by atoms with Gasteiger partial charge in [0.05, 0.1) is 11.8 Å². The van der Waals surface area contributed by atoms with E-state index in [1.54, 1.807) is 0 Å². The number of guanidine groups is 1. The van der Waals surface area contributed by atoms with Crippen molar-refractivity contribution in [2.45, 2.75) is 97.6 Å². The number of halogens is 1. The first-order chi connectivity index (χ1) is 14.0. The molecule has 1 aromatic rings. The molecule has 2 rings (SSSR count). The third kappa shape index (κ3) is 9.54. The fourth-order valence-corrected chi connectivity index (χ4v) is 4.09. The number of nitrogens with zero attached hydrogens (tertiary/aromatic N) is 3. The number of nitrogens with one attached hydrogen (secondary N) is 2. The number of aryl methyl sites for hydroxylation is 2. The summed E-state index contributed by atoms with van der Waals surface area (Å²) in [4.78, 5) is 4.76. The Morgan fingerprint density at radius 1 is 1.20 bits per heavy atom. The average Bonchev–Trinajstić information content (AvgIpc) is 2.88. The molecule has 1 aliphatic carbocycles. The SMILES string of the molecule is CCNC(=NCCCCOC1CCCCCC1)NC(C)Cc1c(C)nn(C)c1C.I. The summed E-state index contributed by atoms with van der Waals surface area (Å²) in [5.74, 6) is 0.906. The van der Waals surface area contributed by atoms with Crippen LogP contribution in [0.15, 0.2) is 4.99 Å². The molecule has 30 heavy (non-hydrogen) atoms. The van der Waals surface area contributed by atoms with Crippen LogP contribution < -0.4 is 10.6 Å². The second-order valence-electron chi connectivity index (χ2n) is 8.47. The van der Waals surface area contributed by atoms with Crippen LogP contribution in [0.25, 0.3) is 0 Å². The fourth-order valence-electron chi connectivity index (χ4n) is 4.09. The van der Waals surface area contributed by atoms with E-state index in [1.807, 2.05) is 11.7 Å². The van der Waals surface area contributed by atoms with E-state index in [4.69, 9.17) is 9.73 Å². The van der Waals surface area contributed by atoms with Crippen molar-refractivity contribution in [3.63, 3.8) is 0 Å². The van der Waals surface area contributed by atoms with Gasteiger partial charge in [-0.3, -0.25) is 9.67 Å². The van der Waals surface area contributed by atoms with Crippen LogP contribution in [-0.2, 0) is 18.2 Å². The monoisotopic (exact) mass is 533 g/mol. The van der Waals surface area contributed by atoms with Crippen LogP contribution in [0.2, 0.25) is 0 Å². The Balaban J connectivity index is 0.00000450. The summed E-state index contributed by atoms with van der Waals surface area (Å²) in [5.41, 5.74) is 3.69. The summed E-state index contributed by atoms with van der Waals surface area (Å²) in [6, 6.07) is 0.299. The molecule has 1 heterocycles. The second-order valence-corrected chi connectivity index (χ2v) is 8.47. The molecule has 174 valence electrons. The molecular weight excluding hydrogens is 489 g/mol. The Morgan fingerprint density at radius 3 is 2.50 bits per heavy atom. The molecule has 0 amide bonds. The number of hydrogen-bond acceptors (Lipinski definition) is 3. The van der Waals surface area contributed by atoms with Crippen LogP contribution in [0.1, 0.15) is 82.2 Å². The zero-order valence-electron chi connectivity index (χ0n) is 19.8. The number of ether oxygens (including phenoxy) is 1. The molecule has 1 saturated carbocycles. The van der Waals surface area contributed by atoms with Gasteiger partial charge in [-0.15, -0.1) is 24.0 Å². The lowest BCUT2D eigenvalue weighted by Crippen LogP contribution is -2.43. The van der Waals surface area contributed by atoms with Gasteiger partial charge in [-0.05, 0) is 65.4 Å². The number of aromatic nitrogens is 2. The molecule has 0 aliphatic heterocycles. The first kappa shape index (κ1) is 27.2. The third-order valence-electron chi connectivity index (χ3n) is 5.87. The minimum absolute atomic E-state index is 0. The standard InChI is InChI=1S/C23H43N5O.HI/c1-6-24-23(26-18(2)17-22-19(3)27-28(5)20(22)4)25-15-11-12-16-29-21-13-9-7-8-10-14-21;/h18,21H,6-17H2,1-5H3,(H2,24,25,26);1H. The Hall–Kier alpha value is -0.830. The minimum atomic E-state index is 0. The Kier molecular flexibility index (Phi) is 13.6. The van der Waals surface area contributed by atoms with Crippen LogP contribution in [0.3, 0.4) is 0 Å². The van der Waals surface area contributed by atoms with Crippen molar-refractivity contribution in [2.24, 2.45) is 12.0 Å². The van der Waals surface area contributed by atoms with E-state index in [9.17, 15) is 0 Å². The maximum atomic E-state index is 6.09. The second kappa shape index (κ2) is 15.1. The van der Waals surface area contributed by atoms with Crippen molar-refractivity contribution in [3.8, 4) is 0 Å². The molecule has 0 radical (unpaired) electrons. The molecular formula is C23H44IN5O. The van der Waals surface area contributed by atoms with Crippen molar-refractivity contribution < 1.29 is 4.74 Å². The summed E-state index contributed by atoms with van der Waals surface area (Å²) < 4.78 is 8.05. The van der Waals surface area contributed by atoms with Crippen molar-refractivity contribution in [2.75, 3.05) is 19.7 Å². The van der Waals surface area contributed by atoms with Crippen LogP contribution in [0, 0.1) is 13.8 Å². The van der Waals surface area contributed by atoms with Crippen molar-refractivity contribution in [1.29, 1.82) is 0 Å².